The van der Waals surface area contributed by atoms with E-state index in [9.17, 15) is 9.70 Å². The highest BCUT2D eigenvalue weighted by Crippen LogP contribution is 2.12. The quantitative estimate of drug-likeness (QED) is 0.478. The molecule has 0 unspecified atom stereocenters. The van der Waals surface area contributed by atoms with Gasteiger partial charge >= 0.3 is 0 Å². The average Bonchev–Trinajstić information content (AvgIpc) is 2.05. The molecule has 1 aromatic rings. The van der Waals surface area contributed by atoms with Gasteiger partial charge in [0.25, 0.3) is 0 Å². The third kappa shape index (κ3) is 1.70. The zero-order valence-corrected chi connectivity index (χ0v) is 6.07. The van der Waals surface area contributed by atoms with Gasteiger partial charge in [-0.1, -0.05) is 0 Å². The van der Waals surface area contributed by atoms with Crippen LogP contribution in [0.1, 0.15) is 17.3 Å². The Kier molecular flexibility index (Phi) is 2.11. The molecule has 1 rings (SSSR count). The van der Waals surface area contributed by atoms with E-state index in [0.717, 1.165) is 0 Å². The summed E-state index contributed by atoms with van der Waals surface area (Å²) in [6.45, 7) is 1.48. The van der Waals surface area contributed by atoms with Gasteiger partial charge < -0.3 is 0 Å². The van der Waals surface area contributed by atoms with Crippen LogP contribution in [0.3, 0.4) is 0 Å². The van der Waals surface area contributed by atoms with Gasteiger partial charge in [-0.15, -0.1) is 4.91 Å². The topological polar surface area (TPSA) is 46.5 Å². The van der Waals surface area contributed by atoms with Gasteiger partial charge in [-0.3, -0.25) is 4.79 Å². The summed E-state index contributed by atoms with van der Waals surface area (Å²) in [5.41, 5.74) is 0.937. The first kappa shape index (κ1) is 7.60. The smallest absolute Gasteiger partial charge is 0.159 e. The summed E-state index contributed by atoms with van der Waals surface area (Å²) in [7, 11) is 0. The highest BCUT2D eigenvalue weighted by molar-refractivity contribution is 5.94. The summed E-state index contributed by atoms with van der Waals surface area (Å²) in [5, 5.41) is 2.71. The molecule has 0 aliphatic heterocycles. The zero-order valence-electron chi connectivity index (χ0n) is 6.07. The summed E-state index contributed by atoms with van der Waals surface area (Å²) in [6, 6.07) is 6.20. The Balaban J connectivity index is 3.00. The van der Waals surface area contributed by atoms with Crippen LogP contribution in [0, 0.1) is 4.91 Å². The van der Waals surface area contributed by atoms with Crippen molar-refractivity contribution in [1.82, 2.24) is 0 Å². The molecule has 0 amide bonds. The minimum Gasteiger partial charge on any atom is -0.295 e. The number of benzene rings is 1. The van der Waals surface area contributed by atoms with E-state index < -0.39 is 0 Å². The average molecular weight is 149 g/mol. The van der Waals surface area contributed by atoms with Crippen LogP contribution in [0.4, 0.5) is 5.69 Å². The lowest BCUT2D eigenvalue weighted by Gasteiger charge is -1.92. The Hall–Kier alpha value is -1.51. The molecule has 1 aromatic carbocycles. The molecular weight excluding hydrogens is 142 g/mol. The molecule has 0 bridgehead atoms. The molecule has 0 atom stereocenters. The van der Waals surface area contributed by atoms with Crippen molar-refractivity contribution >= 4 is 11.5 Å². The first-order valence-corrected chi connectivity index (χ1v) is 3.18. The van der Waals surface area contributed by atoms with Gasteiger partial charge in [0.2, 0.25) is 0 Å². The Bertz CT molecular complexity index is 277. The zero-order chi connectivity index (χ0) is 8.27. The second-order valence-corrected chi connectivity index (χ2v) is 2.19. The van der Waals surface area contributed by atoms with Gasteiger partial charge in [-0.2, -0.15) is 0 Å². The number of carbonyl (C=O) groups excluding carboxylic acids is 1. The molecule has 0 spiro atoms. The maximum Gasteiger partial charge on any atom is 0.159 e. The molecule has 0 fully saturated rings. The van der Waals surface area contributed by atoms with Crippen molar-refractivity contribution in [3.8, 4) is 0 Å². The lowest BCUT2D eigenvalue weighted by atomic mass is 10.1. The molecule has 0 N–H and O–H groups in total. The number of carbonyl (C=O) groups is 1. The number of rotatable bonds is 2. The third-order valence-corrected chi connectivity index (χ3v) is 1.38. The fourth-order valence-corrected chi connectivity index (χ4v) is 0.757. The minimum atomic E-state index is -0.0116. The molecule has 3 heteroatoms. The summed E-state index contributed by atoms with van der Waals surface area (Å²) in [4.78, 5) is 20.7. The third-order valence-electron chi connectivity index (χ3n) is 1.38. The van der Waals surface area contributed by atoms with Gasteiger partial charge in [-0.25, -0.2) is 0 Å². The van der Waals surface area contributed by atoms with Crippen molar-refractivity contribution in [2.45, 2.75) is 6.92 Å². The van der Waals surface area contributed by atoms with E-state index in [1.54, 1.807) is 12.1 Å². The van der Waals surface area contributed by atoms with Crippen molar-refractivity contribution in [3.05, 3.63) is 34.7 Å². The predicted octanol–water partition coefficient (Wildman–Crippen LogP) is 2.29. The van der Waals surface area contributed by atoms with Gasteiger partial charge in [0.05, 0.1) is 0 Å². The maximum absolute atomic E-state index is 10.7. The van der Waals surface area contributed by atoms with Gasteiger partial charge in [-0.05, 0) is 36.4 Å². The fourth-order valence-electron chi connectivity index (χ4n) is 0.757. The molecular formula is C8H7NO2. The largest absolute Gasteiger partial charge is 0.295 e. The molecule has 0 aromatic heterocycles. The van der Waals surface area contributed by atoms with E-state index in [-0.39, 0.29) is 5.78 Å². The Morgan fingerprint density at radius 1 is 1.27 bits per heavy atom. The van der Waals surface area contributed by atoms with Crippen molar-refractivity contribution in [1.29, 1.82) is 0 Å². The first-order chi connectivity index (χ1) is 5.24. The number of nitrogens with zero attached hydrogens (tertiary/aromatic N) is 1. The van der Waals surface area contributed by atoms with Crippen LogP contribution >= 0.6 is 0 Å². The number of nitroso groups, excluding NO2 is 1. The summed E-state index contributed by atoms with van der Waals surface area (Å²) >= 11 is 0. The second kappa shape index (κ2) is 3.05. The van der Waals surface area contributed by atoms with Crippen LogP contribution in [0.5, 0.6) is 0 Å². The van der Waals surface area contributed by atoms with Crippen molar-refractivity contribution < 1.29 is 4.79 Å². The van der Waals surface area contributed by atoms with E-state index >= 15 is 0 Å². The van der Waals surface area contributed by atoms with Crippen LogP contribution in [-0.2, 0) is 0 Å². The highest BCUT2D eigenvalue weighted by Gasteiger charge is 1.97. The predicted molar refractivity (Wildman–Crippen MR) is 41.9 cm³/mol. The molecule has 0 heterocycles. The maximum atomic E-state index is 10.7. The van der Waals surface area contributed by atoms with Crippen molar-refractivity contribution in [3.63, 3.8) is 0 Å². The van der Waals surface area contributed by atoms with Crippen LogP contribution in [0.2, 0.25) is 0 Å². The molecule has 3 nitrogen and oxygen atoms in total. The van der Waals surface area contributed by atoms with E-state index in [4.69, 9.17) is 0 Å². The lowest BCUT2D eigenvalue weighted by molar-refractivity contribution is 0.101. The van der Waals surface area contributed by atoms with E-state index in [1.165, 1.54) is 19.1 Å². The minimum absolute atomic E-state index is 0.0116. The van der Waals surface area contributed by atoms with E-state index in [0.29, 0.717) is 11.3 Å². The number of hydrogen-bond acceptors (Lipinski definition) is 3. The van der Waals surface area contributed by atoms with Crippen molar-refractivity contribution in [2.75, 3.05) is 0 Å². The number of Topliss-reactive ketones (excluding diaryl/α,β-unsaturated/α-hetero) is 1. The van der Waals surface area contributed by atoms with Crippen LogP contribution in [-0.4, -0.2) is 5.78 Å². The molecule has 0 radical (unpaired) electrons. The Morgan fingerprint density at radius 2 is 1.82 bits per heavy atom. The van der Waals surface area contributed by atoms with E-state index in [1.807, 2.05) is 0 Å². The van der Waals surface area contributed by atoms with Crippen LogP contribution in [0.25, 0.3) is 0 Å². The Labute approximate surface area is 64.0 Å². The molecule has 0 aliphatic carbocycles. The highest BCUT2D eigenvalue weighted by atomic mass is 16.3. The second-order valence-electron chi connectivity index (χ2n) is 2.19. The summed E-state index contributed by atoms with van der Waals surface area (Å²) < 4.78 is 0. The summed E-state index contributed by atoms with van der Waals surface area (Å²) in [5.74, 6) is -0.0116. The van der Waals surface area contributed by atoms with Gasteiger partial charge in [0.15, 0.2) is 5.78 Å². The fraction of sp³-hybridized carbons (Fsp3) is 0.125. The van der Waals surface area contributed by atoms with Gasteiger partial charge in [0.1, 0.15) is 5.69 Å². The number of hydrogen-bond donors (Lipinski definition) is 0. The molecule has 11 heavy (non-hydrogen) atoms. The SMILES string of the molecule is CC(=O)c1ccc(N=O)cc1. The molecule has 56 valence electrons. The van der Waals surface area contributed by atoms with Gasteiger partial charge in [0, 0.05) is 5.56 Å². The number of ketones is 1. The normalized spacial score (nSPS) is 9.18. The first-order valence-electron chi connectivity index (χ1n) is 3.18. The van der Waals surface area contributed by atoms with E-state index in [2.05, 4.69) is 5.18 Å². The van der Waals surface area contributed by atoms with Crippen LogP contribution < -0.4 is 0 Å². The standard InChI is InChI=1S/C8H7NO2/c1-6(10)7-2-4-8(9-11)5-3-7/h2-5H,1H3. The monoisotopic (exact) mass is 149 g/mol. The lowest BCUT2D eigenvalue weighted by Crippen LogP contribution is -1.89. The van der Waals surface area contributed by atoms with Crippen LogP contribution in [0.15, 0.2) is 29.4 Å². The Morgan fingerprint density at radius 3 is 2.18 bits per heavy atom. The molecule has 0 saturated heterocycles. The van der Waals surface area contributed by atoms with Crippen molar-refractivity contribution in [2.24, 2.45) is 5.18 Å². The summed E-state index contributed by atoms with van der Waals surface area (Å²) in [6.07, 6.45) is 0. The molecule has 0 saturated carbocycles. The molecule has 0 aliphatic rings.